The highest BCUT2D eigenvalue weighted by atomic mass is 35.5. The van der Waals surface area contributed by atoms with E-state index in [4.69, 9.17) is 0 Å². The molecule has 0 saturated carbocycles. The van der Waals surface area contributed by atoms with Crippen LogP contribution >= 0.6 is 24.8 Å². The molecule has 0 bridgehead atoms. The zero-order valence-electron chi connectivity index (χ0n) is 6.82. The molecule has 0 aliphatic heterocycles. The average molecular weight is 342 g/mol. The summed E-state index contributed by atoms with van der Waals surface area (Å²) in [6.45, 7) is 0. The second kappa shape index (κ2) is 1530. The highest BCUT2D eigenvalue weighted by molar-refractivity contribution is 5.85. The molecule has 0 fully saturated rings. The molecule has 0 spiro atoms. The summed E-state index contributed by atoms with van der Waals surface area (Å²) in [5.41, 5.74) is 0. The molecular weight excluding hydrogens is 312 g/mol. The molecule has 0 aromatic heterocycles. The number of rotatable bonds is 0. The Bertz CT molecular complexity index is 17.0. The van der Waals surface area contributed by atoms with E-state index in [1.165, 1.54) is 0 Å². The van der Waals surface area contributed by atoms with E-state index in [1.807, 2.05) is 0 Å². The van der Waals surface area contributed by atoms with Gasteiger partial charge in [0.15, 0.2) is 0 Å². The number of halogens is 2. The Morgan fingerprint density at radius 2 is 0.188 bits per heavy atom. The Morgan fingerprint density at radius 3 is 0.188 bits per heavy atom. The Hall–Kier alpha value is 1.63. The van der Waals surface area contributed by atoms with Crippen LogP contribution in [0, 0.1) is 0 Å². The molecule has 12 nitrogen and oxygen atoms in total. The molecule has 16 heavy (non-hydrogen) atoms. The fourth-order valence-corrected chi connectivity index (χ4v) is 0. The molecule has 0 aromatic carbocycles. The van der Waals surface area contributed by atoms with Crippen molar-refractivity contribution in [2.24, 2.45) is 0 Å². The van der Waals surface area contributed by atoms with E-state index in [2.05, 4.69) is 0 Å². The van der Waals surface area contributed by atoms with Gasteiger partial charge in [0.05, 0.1) is 0 Å². The first kappa shape index (κ1) is 1830. The molecule has 0 atom stereocenters. The van der Waals surface area contributed by atoms with Crippen LogP contribution in [-0.4, -0.2) is 112 Å². The first-order valence-corrected chi connectivity index (χ1v) is 0. The van der Waals surface area contributed by atoms with Gasteiger partial charge in [-0.2, -0.15) is 0 Å². The predicted molar refractivity (Wildman–Crippen MR) is 74.9 cm³/mol. The fourth-order valence-electron chi connectivity index (χ4n) is 0. The monoisotopic (exact) mass is 340 g/mol. The quantitative estimate of drug-likeness (QED) is 0.370. The van der Waals surface area contributed by atoms with Crippen molar-refractivity contribution in [2.75, 3.05) is 0 Å². The van der Waals surface area contributed by atoms with Gasteiger partial charge < -0.3 is 65.7 Å². The molecule has 0 amide bonds. The van der Waals surface area contributed by atoms with Gasteiger partial charge in [0, 0.05) is 0 Å². The van der Waals surface area contributed by atoms with Crippen molar-refractivity contribution in [1.82, 2.24) is 0 Å². The summed E-state index contributed by atoms with van der Waals surface area (Å²) in [4.78, 5) is 0. The Morgan fingerprint density at radius 1 is 0.188 bits per heavy atom. The minimum Gasteiger partial charge on any atom is -0.412 e. The maximum absolute atomic E-state index is 0. The number of hydrogen-bond acceptors (Lipinski definition) is 0. The topological polar surface area (TPSA) is 378 Å². The molecule has 0 aliphatic rings. The third kappa shape index (κ3) is 1260. The van der Waals surface area contributed by atoms with E-state index >= 15 is 0 Å². The van der Waals surface area contributed by atoms with Crippen LogP contribution in [0.25, 0.3) is 0 Å². The van der Waals surface area contributed by atoms with E-state index < -0.39 is 0 Å². The smallest absolute Gasteiger partial charge is 0.316 e. The summed E-state index contributed by atoms with van der Waals surface area (Å²) >= 11 is 0. The van der Waals surface area contributed by atoms with E-state index in [-0.39, 0.29) is 137 Å². The van der Waals surface area contributed by atoms with Crippen LogP contribution in [0.15, 0.2) is 0 Å². The van der Waals surface area contributed by atoms with Gasteiger partial charge >= 0.3 is 46.1 Å². The van der Waals surface area contributed by atoms with Gasteiger partial charge in [-0.05, 0) is 0 Å². The van der Waals surface area contributed by atoms with Crippen molar-refractivity contribution in [3.05, 3.63) is 0 Å². The summed E-state index contributed by atoms with van der Waals surface area (Å²) in [6.07, 6.45) is 0. The lowest BCUT2D eigenvalue weighted by Gasteiger charge is -0.413. The minimum atomic E-state index is 0. The van der Waals surface area contributed by atoms with Crippen LogP contribution in [0.4, 0.5) is 0 Å². The van der Waals surface area contributed by atoms with Crippen molar-refractivity contribution >= 4 is 70.9 Å². The lowest BCUT2D eigenvalue weighted by atomic mass is 16.0. The second-order valence-electron chi connectivity index (χ2n) is 0. The SMILES string of the molecule is Cl.Cl.O.O.O.O.O.O.O.O.O.O.O.O.[MgH2].[MgH2]. The zero-order chi connectivity index (χ0) is 0. The van der Waals surface area contributed by atoms with E-state index in [1.54, 1.807) is 0 Å². The summed E-state index contributed by atoms with van der Waals surface area (Å²) in [6, 6.07) is 0. The predicted octanol–water partition coefficient (Wildman–Crippen LogP) is -10.9. The normalized spacial score (nSPS) is 0. The molecule has 24 N–H and O–H groups in total. The molecule has 120 valence electrons. The molecule has 16 heteroatoms. The van der Waals surface area contributed by atoms with E-state index in [0.29, 0.717) is 0 Å². The zero-order valence-corrected chi connectivity index (χ0v) is 8.45. The fraction of sp³-hybridized carbons (Fsp3) is 0. The van der Waals surface area contributed by atoms with E-state index in [0.717, 1.165) is 0 Å². The molecule has 0 rings (SSSR count). The first-order valence-electron chi connectivity index (χ1n) is 0. The van der Waals surface area contributed by atoms with Gasteiger partial charge in [0.1, 0.15) is 0 Å². The maximum atomic E-state index is 0. The average Bonchev–Trinajstić information content (AvgIpc) is 0. The van der Waals surface area contributed by atoms with Crippen molar-refractivity contribution in [3.63, 3.8) is 0 Å². The highest BCUT2D eigenvalue weighted by Gasteiger charge is 0.317. The van der Waals surface area contributed by atoms with Crippen LogP contribution in [-0.2, 0) is 0 Å². The van der Waals surface area contributed by atoms with Gasteiger partial charge in [0.2, 0.25) is 0 Å². The van der Waals surface area contributed by atoms with Gasteiger partial charge in [0.25, 0.3) is 0 Å². The molecule has 0 unspecified atom stereocenters. The van der Waals surface area contributed by atoms with Gasteiger partial charge in [-0.3, -0.25) is 0 Å². The summed E-state index contributed by atoms with van der Waals surface area (Å²) in [5, 5.41) is 0. The second-order valence-corrected chi connectivity index (χ2v) is 0. The molecule has 0 aliphatic carbocycles. The van der Waals surface area contributed by atoms with Crippen molar-refractivity contribution in [1.29, 1.82) is 0 Å². The highest BCUT2D eigenvalue weighted by Crippen LogP contribution is 0.691. The molecule has 0 radical (unpaired) electrons. The van der Waals surface area contributed by atoms with Crippen LogP contribution in [0.1, 0.15) is 0 Å². The van der Waals surface area contributed by atoms with Crippen LogP contribution < -0.4 is 0 Å². The summed E-state index contributed by atoms with van der Waals surface area (Å²) in [5.74, 6) is 0. The van der Waals surface area contributed by atoms with Gasteiger partial charge in [-0.15, -0.1) is 24.8 Å². The number of hydrogen-bond donors (Lipinski definition) is 0. The first-order chi connectivity index (χ1) is 0. The van der Waals surface area contributed by atoms with Crippen LogP contribution in [0.3, 0.4) is 0 Å². The standard InChI is InChI=1S/2ClH.2Mg.12H2O.4H/h2*1H;;;12*1H2;;;;. The summed E-state index contributed by atoms with van der Waals surface area (Å²) in [7, 11) is 0. The third-order valence-electron chi connectivity index (χ3n) is 0. The molecular formula is H30Cl2Mg2O12. The lowest BCUT2D eigenvalue weighted by Crippen LogP contribution is -0.382. The largest absolute Gasteiger partial charge is 0.412 e. The van der Waals surface area contributed by atoms with Crippen molar-refractivity contribution in [2.45, 2.75) is 0 Å². The molecule has 0 aromatic rings. The Labute approximate surface area is 136 Å². The Balaban J connectivity index is 0. The molecule has 0 saturated heterocycles. The van der Waals surface area contributed by atoms with Gasteiger partial charge in [-0.1, -0.05) is 0 Å². The van der Waals surface area contributed by atoms with E-state index in [9.17, 15) is 0 Å². The van der Waals surface area contributed by atoms with Crippen LogP contribution in [0.2, 0.25) is 0 Å². The summed E-state index contributed by atoms with van der Waals surface area (Å²) < 4.78 is 0. The van der Waals surface area contributed by atoms with Crippen molar-refractivity contribution in [3.8, 4) is 0 Å². The Kier molecular flexibility index (Phi) is 174000. The van der Waals surface area contributed by atoms with Crippen LogP contribution in [0.5, 0.6) is 0 Å². The van der Waals surface area contributed by atoms with Gasteiger partial charge in [-0.25, -0.2) is 0 Å². The third-order valence-corrected chi connectivity index (χ3v) is 0. The minimum absolute atomic E-state index is 0. The lowest BCUT2D eigenvalue weighted by molar-refractivity contribution is 0.823. The van der Waals surface area contributed by atoms with Crippen molar-refractivity contribution < 1.29 is 65.7 Å². The maximum Gasteiger partial charge on any atom is 0.316 e. The molecule has 0 heterocycles.